The summed E-state index contributed by atoms with van der Waals surface area (Å²) >= 11 is 3.18. The largest absolute Gasteiger partial charge is 0.309 e. The van der Waals surface area contributed by atoms with E-state index in [1.54, 1.807) is 31.2 Å². The molecular formula is C15H14BrF2N. The van der Waals surface area contributed by atoms with E-state index >= 15 is 0 Å². The van der Waals surface area contributed by atoms with Crippen molar-refractivity contribution in [3.05, 3.63) is 69.2 Å². The van der Waals surface area contributed by atoms with Crippen LogP contribution in [0.15, 0.2) is 40.9 Å². The lowest BCUT2D eigenvalue weighted by Crippen LogP contribution is -2.18. The van der Waals surface area contributed by atoms with Crippen molar-refractivity contribution < 1.29 is 8.78 Å². The van der Waals surface area contributed by atoms with E-state index in [0.717, 1.165) is 11.1 Å². The summed E-state index contributed by atoms with van der Waals surface area (Å²) in [6, 6.07) is 9.76. The lowest BCUT2D eigenvalue weighted by molar-refractivity contribution is 0.611. The van der Waals surface area contributed by atoms with E-state index in [4.69, 9.17) is 0 Å². The van der Waals surface area contributed by atoms with Crippen molar-refractivity contribution in [2.75, 3.05) is 7.05 Å². The van der Waals surface area contributed by atoms with E-state index in [2.05, 4.69) is 21.2 Å². The number of nitrogens with one attached hydrogen (secondary N) is 1. The fourth-order valence-electron chi connectivity index (χ4n) is 2.07. The van der Waals surface area contributed by atoms with E-state index in [1.165, 1.54) is 12.1 Å². The molecule has 0 aliphatic rings. The highest BCUT2D eigenvalue weighted by Gasteiger charge is 2.14. The average molecular weight is 326 g/mol. The molecule has 0 spiro atoms. The summed E-state index contributed by atoms with van der Waals surface area (Å²) in [5.74, 6) is -0.521. The first-order valence-electron chi connectivity index (χ1n) is 5.91. The predicted octanol–water partition coefficient (Wildman–Crippen LogP) is 4.34. The lowest BCUT2D eigenvalue weighted by Gasteiger charge is -2.18. The van der Waals surface area contributed by atoms with Gasteiger partial charge in [0, 0.05) is 0 Å². The first-order chi connectivity index (χ1) is 9.02. The molecule has 1 unspecified atom stereocenters. The van der Waals surface area contributed by atoms with Crippen molar-refractivity contribution in [1.82, 2.24) is 5.32 Å². The molecule has 0 fully saturated rings. The highest BCUT2D eigenvalue weighted by Crippen LogP contribution is 2.27. The number of benzene rings is 2. The molecule has 19 heavy (non-hydrogen) atoms. The van der Waals surface area contributed by atoms with Crippen molar-refractivity contribution in [3.63, 3.8) is 0 Å². The molecule has 0 aromatic heterocycles. The second kappa shape index (κ2) is 5.80. The first kappa shape index (κ1) is 14.2. The van der Waals surface area contributed by atoms with Gasteiger partial charge in [0.15, 0.2) is 0 Å². The van der Waals surface area contributed by atoms with Crippen LogP contribution in [0, 0.1) is 18.6 Å². The molecule has 2 rings (SSSR count). The number of hydrogen-bond donors (Lipinski definition) is 1. The monoisotopic (exact) mass is 325 g/mol. The molecule has 100 valence electrons. The Labute approximate surface area is 119 Å². The maximum atomic E-state index is 13.3. The van der Waals surface area contributed by atoms with Crippen LogP contribution in [0.5, 0.6) is 0 Å². The third-order valence-electron chi connectivity index (χ3n) is 3.08. The van der Waals surface area contributed by atoms with Gasteiger partial charge in [0.05, 0.1) is 10.5 Å². The summed E-state index contributed by atoms with van der Waals surface area (Å²) in [5, 5.41) is 3.16. The van der Waals surface area contributed by atoms with Crippen molar-refractivity contribution in [3.8, 4) is 0 Å². The summed E-state index contributed by atoms with van der Waals surface area (Å²) in [6.07, 6.45) is 0. The van der Waals surface area contributed by atoms with E-state index in [9.17, 15) is 8.78 Å². The van der Waals surface area contributed by atoms with Crippen molar-refractivity contribution >= 4 is 15.9 Å². The standard InChI is InChI=1S/C15H14BrF2N/c1-9-7-10(3-5-13(9)17)15(19-2)11-4-6-14(18)12(16)8-11/h3-8,15,19H,1-2H3. The SMILES string of the molecule is CNC(c1ccc(F)c(C)c1)c1ccc(F)c(Br)c1. The van der Waals surface area contributed by atoms with Crippen LogP contribution in [0.25, 0.3) is 0 Å². The van der Waals surface area contributed by atoms with Crippen molar-refractivity contribution in [1.29, 1.82) is 0 Å². The highest BCUT2D eigenvalue weighted by molar-refractivity contribution is 9.10. The lowest BCUT2D eigenvalue weighted by atomic mass is 9.97. The Morgan fingerprint density at radius 3 is 2.11 bits per heavy atom. The first-order valence-corrected chi connectivity index (χ1v) is 6.70. The number of halogens is 3. The zero-order chi connectivity index (χ0) is 14.0. The molecule has 0 aliphatic heterocycles. The number of aryl methyl sites for hydroxylation is 1. The van der Waals surface area contributed by atoms with Crippen LogP contribution in [-0.4, -0.2) is 7.05 Å². The maximum Gasteiger partial charge on any atom is 0.137 e. The Morgan fingerprint density at radius 1 is 1.00 bits per heavy atom. The third kappa shape index (κ3) is 3.01. The molecule has 2 aromatic carbocycles. The molecule has 0 bridgehead atoms. The van der Waals surface area contributed by atoms with Gasteiger partial charge in [-0.25, -0.2) is 8.78 Å². The van der Waals surface area contributed by atoms with Crippen LogP contribution < -0.4 is 5.32 Å². The fourth-order valence-corrected chi connectivity index (χ4v) is 2.46. The molecule has 0 aliphatic carbocycles. The number of hydrogen-bond acceptors (Lipinski definition) is 1. The van der Waals surface area contributed by atoms with Gasteiger partial charge >= 0.3 is 0 Å². The smallest absolute Gasteiger partial charge is 0.137 e. The van der Waals surface area contributed by atoms with E-state index in [1.807, 2.05) is 7.05 Å². The van der Waals surface area contributed by atoms with Gasteiger partial charge < -0.3 is 5.32 Å². The summed E-state index contributed by atoms with van der Waals surface area (Å²) in [4.78, 5) is 0. The predicted molar refractivity (Wildman–Crippen MR) is 76.1 cm³/mol. The molecule has 0 heterocycles. The van der Waals surface area contributed by atoms with Gasteiger partial charge in [-0.2, -0.15) is 0 Å². The molecule has 0 saturated carbocycles. The van der Waals surface area contributed by atoms with Gasteiger partial charge in [-0.05, 0) is 64.8 Å². The van der Waals surface area contributed by atoms with Crippen molar-refractivity contribution in [2.24, 2.45) is 0 Å². The van der Waals surface area contributed by atoms with E-state index < -0.39 is 0 Å². The second-order valence-corrected chi connectivity index (χ2v) is 5.26. The van der Waals surface area contributed by atoms with Crippen LogP contribution >= 0.6 is 15.9 Å². The third-order valence-corrected chi connectivity index (χ3v) is 3.69. The Kier molecular flexibility index (Phi) is 4.32. The van der Waals surface area contributed by atoms with Gasteiger partial charge in [-0.15, -0.1) is 0 Å². The Hall–Kier alpha value is -1.26. The number of rotatable bonds is 3. The molecule has 1 nitrogen and oxygen atoms in total. The average Bonchev–Trinajstić information content (AvgIpc) is 2.39. The van der Waals surface area contributed by atoms with Gasteiger partial charge in [0.25, 0.3) is 0 Å². The summed E-state index contributed by atoms with van der Waals surface area (Å²) < 4.78 is 27.0. The zero-order valence-corrected chi connectivity index (χ0v) is 12.3. The normalized spacial score (nSPS) is 12.5. The summed E-state index contributed by atoms with van der Waals surface area (Å²) in [6.45, 7) is 1.73. The van der Waals surface area contributed by atoms with Crippen LogP contribution in [0.2, 0.25) is 0 Å². The summed E-state index contributed by atoms with van der Waals surface area (Å²) in [5.41, 5.74) is 2.46. The molecular weight excluding hydrogens is 312 g/mol. The van der Waals surface area contributed by atoms with Crippen LogP contribution in [0.3, 0.4) is 0 Å². The minimum Gasteiger partial charge on any atom is -0.309 e. The Balaban J connectivity index is 2.43. The molecule has 1 N–H and O–H groups in total. The topological polar surface area (TPSA) is 12.0 Å². The zero-order valence-electron chi connectivity index (χ0n) is 10.7. The van der Waals surface area contributed by atoms with Crippen LogP contribution in [-0.2, 0) is 0 Å². The minimum absolute atomic E-state index is 0.101. The maximum absolute atomic E-state index is 13.3. The van der Waals surface area contributed by atoms with Crippen molar-refractivity contribution in [2.45, 2.75) is 13.0 Å². The summed E-state index contributed by atoms with van der Waals surface area (Å²) in [7, 11) is 1.82. The minimum atomic E-state index is -0.297. The Morgan fingerprint density at radius 2 is 1.58 bits per heavy atom. The van der Waals surface area contributed by atoms with Gasteiger partial charge in [0.2, 0.25) is 0 Å². The second-order valence-electron chi connectivity index (χ2n) is 4.40. The Bertz CT molecular complexity index is 547. The molecule has 2 aromatic rings. The molecule has 0 radical (unpaired) electrons. The molecule has 1 atom stereocenters. The van der Waals surface area contributed by atoms with Gasteiger partial charge in [-0.3, -0.25) is 0 Å². The van der Waals surface area contributed by atoms with E-state index in [0.29, 0.717) is 10.0 Å². The molecule has 4 heteroatoms. The highest BCUT2D eigenvalue weighted by atomic mass is 79.9. The van der Waals surface area contributed by atoms with Crippen LogP contribution in [0.4, 0.5) is 8.78 Å². The van der Waals surface area contributed by atoms with E-state index in [-0.39, 0.29) is 17.7 Å². The quantitative estimate of drug-likeness (QED) is 0.884. The molecule has 0 saturated heterocycles. The van der Waals surface area contributed by atoms with Crippen LogP contribution in [0.1, 0.15) is 22.7 Å². The van der Waals surface area contributed by atoms with Gasteiger partial charge in [-0.1, -0.05) is 18.2 Å². The molecule has 0 amide bonds. The fraction of sp³-hybridized carbons (Fsp3) is 0.200. The van der Waals surface area contributed by atoms with Gasteiger partial charge in [0.1, 0.15) is 11.6 Å².